The zero-order valence-corrected chi connectivity index (χ0v) is 15.8. The highest BCUT2D eigenvalue weighted by Gasteiger charge is 2.40. The summed E-state index contributed by atoms with van der Waals surface area (Å²) in [6.45, 7) is 1.30. The van der Waals surface area contributed by atoms with Crippen molar-refractivity contribution in [3.63, 3.8) is 0 Å². The lowest BCUT2D eigenvalue weighted by atomic mass is 9.83. The van der Waals surface area contributed by atoms with Crippen LogP contribution in [0.25, 0.3) is 11.3 Å². The molecule has 9 heteroatoms. The molecule has 3 aromatic heterocycles. The number of aromatic nitrogens is 4. The van der Waals surface area contributed by atoms with Gasteiger partial charge < -0.3 is 4.57 Å². The number of piperidine rings is 1. The minimum absolute atomic E-state index is 0.0226. The molecule has 3 aromatic rings. The maximum absolute atomic E-state index is 12.9. The Morgan fingerprint density at radius 2 is 2.04 bits per heavy atom. The number of nitrogens with zero attached hydrogens (tertiary/aromatic N) is 4. The third kappa shape index (κ3) is 2.78. The van der Waals surface area contributed by atoms with Crippen molar-refractivity contribution in [2.75, 3.05) is 13.1 Å². The molecule has 28 heavy (non-hydrogen) atoms. The van der Waals surface area contributed by atoms with Crippen LogP contribution in [0.3, 0.4) is 0 Å². The number of fused-ring (bicyclic) bond motifs is 4. The number of rotatable bonds is 3. The molecule has 2 aliphatic heterocycles. The monoisotopic (exact) mass is 397 g/mol. The van der Waals surface area contributed by atoms with E-state index < -0.39 is 10.0 Å². The third-order valence-electron chi connectivity index (χ3n) is 5.59. The highest BCUT2D eigenvalue weighted by atomic mass is 32.2. The standard InChI is InChI=1S/C19H19N5O3S/c25-19-7-14(17-3-1-2-4-20-17)6-18-15-5-13(11-24(18)19)10-23(12-15)28(26,27)16-8-21-22-9-16/h1-4,6-9,13,15H,5,10-12H2,(H,21,22)/t13-,15+/m0/s1. The zero-order chi connectivity index (χ0) is 19.3. The van der Waals surface area contributed by atoms with Crippen molar-refractivity contribution in [2.24, 2.45) is 5.92 Å². The topological polar surface area (TPSA) is 101 Å². The summed E-state index contributed by atoms with van der Waals surface area (Å²) in [6.07, 6.45) is 5.31. The molecule has 2 bridgehead atoms. The van der Waals surface area contributed by atoms with E-state index in [1.54, 1.807) is 16.8 Å². The summed E-state index contributed by atoms with van der Waals surface area (Å²) < 4.78 is 29.2. The Bertz CT molecular complexity index is 1170. The molecule has 2 aliphatic rings. The third-order valence-corrected chi connectivity index (χ3v) is 7.39. The molecule has 1 saturated heterocycles. The fraction of sp³-hybridized carbons (Fsp3) is 0.316. The lowest BCUT2D eigenvalue weighted by Gasteiger charge is -2.42. The molecule has 8 nitrogen and oxygen atoms in total. The molecule has 2 atom stereocenters. The molecule has 5 heterocycles. The van der Waals surface area contributed by atoms with E-state index in [0.717, 1.165) is 23.4 Å². The number of H-pyrrole nitrogens is 1. The van der Waals surface area contributed by atoms with E-state index >= 15 is 0 Å². The maximum atomic E-state index is 12.9. The highest BCUT2D eigenvalue weighted by molar-refractivity contribution is 7.89. The SMILES string of the molecule is O=c1cc(-c2ccccn2)cc2n1C[C@H]1C[C@@H]2CN(S(=O)(=O)c2cn[nH]c2)C1. The molecule has 0 saturated carbocycles. The van der Waals surface area contributed by atoms with E-state index in [0.29, 0.717) is 19.6 Å². The molecule has 0 aliphatic carbocycles. The van der Waals surface area contributed by atoms with Gasteiger partial charge in [0.05, 0.1) is 11.9 Å². The molecule has 144 valence electrons. The largest absolute Gasteiger partial charge is 0.312 e. The molecular formula is C19H19N5O3S. The van der Waals surface area contributed by atoms with Crippen molar-refractivity contribution in [1.29, 1.82) is 0 Å². The number of hydrogen-bond acceptors (Lipinski definition) is 5. The van der Waals surface area contributed by atoms with Crippen LogP contribution < -0.4 is 5.56 Å². The van der Waals surface area contributed by atoms with Gasteiger partial charge in [-0.2, -0.15) is 9.40 Å². The molecule has 0 unspecified atom stereocenters. The fourth-order valence-electron chi connectivity index (χ4n) is 4.32. The second-order valence-electron chi connectivity index (χ2n) is 7.39. The summed E-state index contributed by atoms with van der Waals surface area (Å²) in [5.41, 5.74) is 2.34. The van der Waals surface area contributed by atoms with Crippen LogP contribution in [0, 0.1) is 5.92 Å². The van der Waals surface area contributed by atoms with Gasteiger partial charge in [0, 0.05) is 55.3 Å². The van der Waals surface area contributed by atoms with Gasteiger partial charge >= 0.3 is 0 Å². The van der Waals surface area contributed by atoms with Crippen LogP contribution in [-0.4, -0.2) is 45.6 Å². The van der Waals surface area contributed by atoms with Crippen LogP contribution in [0.15, 0.2) is 58.6 Å². The second kappa shape index (κ2) is 6.39. The number of hydrogen-bond donors (Lipinski definition) is 1. The van der Waals surface area contributed by atoms with Crippen molar-refractivity contribution in [3.05, 3.63) is 65.0 Å². The minimum atomic E-state index is -3.60. The molecule has 0 aromatic carbocycles. The van der Waals surface area contributed by atoms with E-state index in [1.165, 1.54) is 16.7 Å². The summed E-state index contributed by atoms with van der Waals surface area (Å²) in [4.78, 5) is 17.3. The molecular weight excluding hydrogens is 378 g/mol. The van der Waals surface area contributed by atoms with Gasteiger partial charge in [-0.25, -0.2) is 8.42 Å². The summed E-state index contributed by atoms with van der Waals surface area (Å²) in [5.74, 6) is 0.0943. The highest BCUT2D eigenvalue weighted by Crippen LogP contribution is 2.38. The van der Waals surface area contributed by atoms with E-state index in [2.05, 4.69) is 15.2 Å². The first-order valence-corrected chi connectivity index (χ1v) is 10.6. The molecule has 0 radical (unpaired) electrons. The summed E-state index contributed by atoms with van der Waals surface area (Å²) in [6, 6.07) is 9.19. The Labute approximate surface area is 161 Å². The molecule has 0 amide bonds. The van der Waals surface area contributed by atoms with Gasteiger partial charge in [0.2, 0.25) is 10.0 Å². The van der Waals surface area contributed by atoms with Crippen molar-refractivity contribution in [2.45, 2.75) is 23.8 Å². The fourth-order valence-corrected chi connectivity index (χ4v) is 5.79. The second-order valence-corrected chi connectivity index (χ2v) is 9.33. The van der Waals surface area contributed by atoms with Gasteiger partial charge in [0.15, 0.2) is 0 Å². The number of pyridine rings is 2. The van der Waals surface area contributed by atoms with Gasteiger partial charge in [0.1, 0.15) is 4.90 Å². The van der Waals surface area contributed by atoms with Crippen molar-refractivity contribution in [3.8, 4) is 11.3 Å². The Morgan fingerprint density at radius 1 is 1.14 bits per heavy atom. The summed E-state index contributed by atoms with van der Waals surface area (Å²) in [5, 5.41) is 6.33. The Hall–Kier alpha value is -2.78. The molecule has 1 fully saturated rings. The Morgan fingerprint density at radius 3 is 2.79 bits per heavy atom. The van der Waals surface area contributed by atoms with Gasteiger partial charge in [-0.05, 0) is 30.5 Å². The molecule has 5 rings (SSSR count). The summed E-state index contributed by atoms with van der Waals surface area (Å²) >= 11 is 0. The van der Waals surface area contributed by atoms with E-state index in [-0.39, 0.29) is 22.3 Å². The van der Waals surface area contributed by atoms with Crippen molar-refractivity contribution in [1.82, 2.24) is 24.1 Å². The van der Waals surface area contributed by atoms with Gasteiger partial charge in [-0.3, -0.25) is 14.9 Å². The van der Waals surface area contributed by atoms with Crippen LogP contribution in [-0.2, 0) is 16.6 Å². The van der Waals surface area contributed by atoms with Crippen LogP contribution in [0.4, 0.5) is 0 Å². The minimum Gasteiger partial charge on any atom is -0.312 e. The van der Waals surface area contributed by atoms with E-state index in [4.69, 9.17) is 0 Å². The van der Waals surface area contributed by atoms with E-state index in [1.807, 2.05) is 24.3 Å². The van der Waals surface area contributed by atoms with Crippen LogP contribution in [0.5, 0.6) is 0 Å². The smallest absolute Gasteiger partial charge is 0.251 e. The van der Waals surface area contributed by atoms with Crippen LogP contribution in [0.2, 0.25) is 0 Å². The average Bonchev–Trinajstić information content (AvgIpc) is 3.25. The Kier molecular flexibility index (Phi) is 3.95. The van der Waals surface area contributed by atoms with Gasteiger partial charge in [0.25, 0.3) is 5.56 Å². The predicted molar refractivity (Wildman–Crippen MR) is 102 cm³/mol. The van der Waals surface area contributed by atoms with E-state index in [9.17, 15) is 13.2 Å². The quantitative estimate of drug-likeness (QED) is 0.721. The number of aromatic amines is 1. The van der Waals surface area contributed by atoms with Gasteiger partial charge in [-0.15, -0.1) is 0 Å². The first-order chi connectivity index (χ1) is 13.5. The first kappa shape index (κ1) is 17.3. The predicted octanol–water partition coefficient (Wildman–Crippen LogP) is 1.44. The molecule has 1 N–H and O–H groups in total. The Balaban J connectivity index is 1.54. The van der Waals surface area contributed by atoms with Crippen molar-refractivity contribution >= 4 is 10.0 Å². The summed E-state index contributed by atoms with van der Waals surface area (Å²) in [7, 11) is -3.60. The average molecular weight is 397 g/mol. The van der Waals surface area contributed by atoms with Gasteiger partial charge in [-0.1, -0.05) is 6.07 Å². The maximum Gasteiger partial charge on any atom is 0.251 e. The normalized spacial score (nSPS) is 22.0. The number of nitrogens with one attached hydrogen (secondary N) is 1. The van der Waals surface area contributed by atoms with Crippen LogP contribution in [0.1, 0.15) is 18.0 Å². The lowest BCUT2D eigenvalue weighted by molar-refractivity contribution is 0.186. The number of sulfonamides is 1. The first-order valence-electron chi connectivity index (χ1n) is 9.17. The van der Waals surface area contributed by atoms with Crippen LogP contribution >= 0.6 is 0 Å². The zero-order valence-electron chi connectivity index (χ0n) is 15.0. The lowest BCUT2D eigenvalue weighted by Crippen LogP contribution is -2.49. The molecule has 0 spiro atoms. The van der Waals surface area contributed by atoms with Crippen molar-refractivity contribution < 1.29 is 8.42 Å².